The van der Waals surface area contributed by atoms with Crippen molar-refractivity contribution >= 4 is 5.91 Å². The summed E-state index contributed by atoms with van der Waals surface area (Å²) in [6.07, 6.45) is 0.664. The molecule has 10 nitrogen and oxygen atoms in total. The highest BCUT2D eigenvalue weighted by atomic mass is 16.8. The molecule has 0 fully saturated rings. The lowest BCUT2D eigenvalue weighted by Gasteiger charge is -2.10. The molecule has 0 atom stereocenters. The lowest BCUT2D eigenvalue weighted by molar-refractivity contribution is -0.808. The third-order valence-electron chi connectivity index (χ3n) is 3.99. The molecule has 1 aromatic carbocycles. The number of aromatic nitrogens is 5. The summed E-state index contributed by atoms with van der Waals surface area (Å²) in [6.45, 7) is 0. The highest BCUT2D eigenvalue weighted by Crippen LogP contribution is 2.27. The van der Waals surface area contributed by atoms with Crippen LogP contribution in [0.15, 0.2) is 28.9 Å². The molecule has 2 aromatic heterocycles. The van der Waals surface area contributed by atoms with Gasteiger partial charge in [-0.25, -0.2) is 0 Å². The molecule has 0 spiro atoms. The van der Waals surface area contributed by atoms with Gasteiger partial charge in [-0.15, -0.1) is 4.85 Å². The van der Waals surface area contributed by atoms with Crippen LogP contribution in [0, 0.1) is 10.4 Å². The molecular weight excluding hydrogens is 316 g/mol. The smallest absolute Gasteiger partial charge is 0.303 e. The second-order valence-electron chi connectivity index (χ2n) is 5.28. The number of benzene rings is 1. The van der Waals surface area contributed by atoms with Crippen LogP contribution in [0.2, 0.25) is 0 Å². The van der Waals surface area contributed by atoms with E-state index in [1.54, 1.807) is 24.3 Å². The Bertz CT molecular complexity index is 960. The average molecular weight is 328 g/mol. The summed E-state index contributed by atoms with van der Waals surface area (Å²) in [6, 6.07) is 6.62. The Balaban J connectivity index is 1.92. The van der Waals surface area contributed by atoms with E-state index in [1.165, 1.54) is 7.05 Å². The van der Waals surface area contributed by atoms with E-state index in [2.05, 4.69) is 20.2 Å². The highest BCUT2D eigenvalue weighted by Gasteiger charge is 2.39. The van der Waals surface area contributed by atoms with Crippen LogP contribution in [-0.4, -0.2) is 28.0 Å². The second kappa shape index (κ2) is 5.05. The van der Waals surface area contributed by atoms with Gasteiger partial charge in [0, 0.05) is 19.9 Å². The number of fused-ring (bicyclic) bond motifs is 3. The lowest BCUT2D eigenvalue weighted by Crippen LogP contribution is -2.42. The molecule has 1 aliphatic carbocycles. The normalized spacial score (nSPS) is 12.5. The molecule has 1 aliphatic rings. The van der Waals surface area contributed by atoms with Gasteiger partial charge in [0.05, 0.1) is 15.8 Å². The van der Waals surface area contributed by atoms with E-state index in [0.29, 0.717) is 45.2 Å². The summed E-state index contributed by atoms with van der Waals surface area (Å²) in [4.78, 5) is 14.1. The number of carbonyl (C=O) groups is 1. The first kappa shape index (κ1) is 14.2. The minimum absolute atomic E-state index is 0.257. The summed E-state index contributed by atoms with van der Waals surface area (Å²) in [5, 5.41) is 34.6. The third kappa shape index (κ3) is 1.86. The quantitative estimate of drug-likeness (QED) is 0.487. The fraction of sp³-hybridized carbons (Fsp3) is 0.214. The number of carbonyl (C=O) groups excluding carboxylic acids is 1. The fourth-order valence-corrected chi connectivity index (χ4v) is 2.82. The summed E-state index contributed by atoms with van der Waals surface area (Å²) in [5.74, 6) is -0.335. The number of nitrogens with one attached hydrogen (secondary N) is 1. The van der Waals surface area contributed by atoms with E-state index in [1.807, 2.05) is 0 Å². The van der Waals surface area contributed by atoms with Gasteiger partial charge >= 0.3 is 11.4 Å². The number of hydrogen-bond donors (Lipinski definition) is 1. The molecule has 1 amide bonds. The lowest BCUT2D eigenvalue weighted by atomic mass is 10.0. The molecular formula is C14H12N6O4. The third-order valence-corrected chi connectivity index (χ3v) is 3.99. The zero-order valence-electron chi connectivity index (χ0n) is 12.6. The second-order valence-corrected chi connectivity index (χ2v) is 5.28. The Kier molecular flexibility index (Phi) is 2.98. The summed E-state index contributed by atoms with van der Waals surface area (Å²) in [5.41, 5.74) is 1.91. The number of para-hydroxylation sites is 1. The van der Waals surface area contributed by atoms with Crippen molar-refractivity contribution in [2.75, 3.05) is 7.05 Å². The van der Waals surface area contributed by atoms with Gasteiger partial charge in [-0.1, -0.05) is 12.1 Å². The van der Waals surface area contributed by atoms with E-state index >= 15 is 0 Å². The number of amides is 1. The molecule has 1 N–H and O–H groups in total. The first-order chi connectivity index (χ1) is 11.6. The summed E-state index contributed by atoms with van der Waals surface area (Å²) >= 11 is 0. The Labute approximate surface area is 135 Å². The predicted molar refractivity (Wildman–Crippen MR) is 77.8 cm³/mol. The minimum atomic E-state index is -0.335. The predicted octanol–water partition coefficient (Wildman–Crippen LogP) is -0.748. The van der Waals surface area contributed by atoms with Crippen molar-refractivity contribution in [3.63, 3.8) is 0 Å². The molecule has 0 unspecified atom stereocenters. The van der Waals surface area contributed by atoms with Crippen molar-refractivity contribution in [2.45, 2.75) is 12.8 Å². The van der Waals surface area contributed by atoms with Gasteiger partial charge in [0.25, 0.3) is 5.91 Å². The van der Waals surface area contributed by atoms with Crippen molar-refractivity contribution in [2.24, 2.45) is 0 Å². The molecule has 0 radical (unpaired) electrons. The molecule has 2 heterocycles. The van der Waals surface area contributed by atoms with Gasteiger partial charge < -0.3 is 15.7 Å². The van der Waals surface area contributed by atoms with Gasteiger partial charge in [-0.3, -0.25) is 9.42 Å². The van der Waals surface area contributed by atoms with Gasteiger partial charge in [0.1, 0.15) is 5.69 Å². The van der Waals surface area contributed by atoms with Crippen LogP contribution in [0.3, 0.4) is 0 Å². The van der Waals surface area contributed by atoms with Crippen molar-refractivity contribution in [3.05, 3.63) is 51.6 Å². The maximum Gasteiger partial charge on any atom is 0.303 e. The fourth-order valence-electron chi connectivity index (χ4n) is 2.82. The first-order valence-corrected chi connectivity index (χ1v) is 7.24. The SMILES string of the molecule is CNC(=O)c1ccccc1-n1nc2c([n+]1[O-])CCc1c-2no[n+]1[O-]. The monoisotopic (exact) mass is 328 g/mol. The van der Waals surface area contributed by atoms with Gasteiger partial charge in [-0.05, 0) is 21.8 Å². The van der Waals surface area contributed by atoms with E-state index in [0.717, 1.165) is 4.80 Å². The average Bonchev–Trinajstić information content (AvgIpc) is 3.15. The molecule has 3 aromatic rings. The topological polar surface area (TPSA) is 127 Å². The van der Waals surface area contributed by atoms with Crippen LogP contribution >= 0.6 is 0 Å². The largest absolute Gasteiger partial charge is 0.692 e. The Morgan fingerprint density at radius 1 is 1.25 bits per heavy atom. The van der Waals surface area contributed by atoms with Crippen LogP contribution in [0.1, 0.15) is 21.7 Å². The van der Waals surface area contributed by atoms with Crippen molar-refractivity contribution in [1.82, 2.24) is 20.4 Å². The number of hydrogen-bond acceptors (Lipinski definition) is 6. The molecule has 4 rings (SSSR count). The van der Waals surface area contributed by atoms with Crippen molar-refractivity contribution in [1.29, 1.82) is 0 Å². The molecule has 0 bridgehead atoms. The highest BCUT2D eigenvalue weighted by molar-refractivity contribution is 5.97. The molecule has 24 heavy (non-hydrogen) atoms. The van der Waals surface area contributed by atoms with Crippen LogP contribution in [0.4, 0.5) is 0 Å². The van der Waals surface area contributed by atoms with Gasteiger partial charge in [0.2, 0.25) is 5.69 Å². The minimum Gasteiger partial charge on any atom is -0.692 e. The maximum absolute atomic E-state index is 12.6. The molecule has 0 saturated heterocycles. The molecule has 0 saturated carbocycles. The number of rotatable bonds is 2. The Morgan fingerprint density at radius 2 is 2.00 bits per heavy atom. The number of nitrogens with zero attached hydrogens (tertiary/aromatic N) is 5. The Hall–Kier alpha value is -3.43. The zero-order chi connectivity index (χ0) is 16.8. The van der Waals surface area contributed by atoms with Crippen LogP contribution in [0.25, 0.3) is 17.1 Å². The summed E-state index contributed by atoms with van der Waals surface area (Å²) in [7, 11) is 1.51. The van der Waals surface area contributed by atoms with Gasteiger partial charge in [0.15, 0.2) is 5.69 Å². The summed E-state index contributed by atoms with van der Waals surface area (Å²) < 4.78 is 4.59. The molecule has 122 valence electrons. The van der Waals surface area contributed by atoms with Gasteiger partial charge in [-0.2, -0.15) is 0 Å². The van der Waals surface area contributed by atoms with E-state index in [4.69, 9.17) is 0 Å². The van der Waals surface area contributed by atoms with Crippen molar-refractivity contribution in [3.8, 4) is 17.1 Å². The Morgan fingerprint density at radius 3 is 2.79 bits per heavy atom. The molecule has 10 heteroatoms. The van der Waals surface area contributed by atoms with Crippen LogP contribution in [-0.2, 0) is 12.8 Å². The van der Waals surface area contributed by atoms with E-state index < -0.39 is 0 Å². The van der Waals surface area contributed by atoms with Crippen molar-refractivity contribution < 1.29 is 19.2 Å². The van der Waals surface area contributed by atoms with E-state index in [-0.39, 0.29) is 17.3 Å². The first-order valence-electron chi connectivity index (χ1n) is 7.24. The van der Waals surface area contributed by atoms with Crippen LogP contribution in [0.5, 0.6) is 0 Å². The standard InChI is InChI=1S/C14H12N6O4/c1-15-14(21)8-4-2-3-5-9(8)18-16-12-10(19(18)22)6-7-11-13(12)17-24-20(11)23/h2-5H,6-7H2,1H3,(H,15,21). The van der Waals surface area contributed by atoms with Crippen LogP contribution < -0.4 is 15.1 Å². The molecule has 0 aliphatic heterocycles. The maximum atomic E-state index is 12.6. The van der Waals surface area contributed by atoms with E-state index in [9.17, 15) is 15.2 Å². The zero-order valence-corrected chi connectivity index (χ0v) is 12.6.